The third kappa shape index (κ3) is 5.66. The summed E-state index contributed by atoms with van der Waals surface area (Å²) >= 11 is 1.33. The van der Waals surface area contributed by atoms with Gasteiger partial charge in [0.25, 0.3) is 0 Å². The number of carbonyl (C=O) groups is 1. The zero-order valence-electron chi connectivity index (χ0n) is 18.1. The molecule has 3 aromatic rings. The summed E-state index contributed by atoms with van der Waals surface area (Å²) in [6, 6.07) is 9.75. The largest absolute Gasteiger partial charge is 0.462 e. The number of esters is 1. The van der Waals surface area contributed by atoms with E-state index in [4.69, 9.17) is 4.74 Å². The number of benzene rings is 1. The summed E-state index contributed by atoms with van der Waals surface area (Å²) in [7, 11) is 0. The molecule has 0 saturated heterocycles. The molecule has 2 aromatic heterocycles. The molecule has 2 N–H and O–H groups in total. The molecule has 1 unspecified atom stereocenters. The van der Waals surface area contributed by atoms with Gasteiger partial charge >= 0.3 is 5.97 Å². The van der Waals surface area contributed by atoms with Gasteiger partial charge in [0.15, 0.2) is 11.8 Å². The van der Waals surface area contributed by atoms with E-state index in [1.165, 1.54) is 11.3 Å². The second-order valence-corrected chi connectivity index (χ2v) is 7.73. The first-order chi connectivity index (χ1) is 15.0. The van der Waals surface area contributed by atoms with Crippen LogP contribution in [0.15, 0.2) is 41.7 Å². The number of aliphatic imine (C=N–C) groups is 1. The van der Waals surface area contributed by atoms with Gasteiger partial charge in [0.05, 0.1) is 18.3 Å². The van der Waals surface area contributed by atoms with Gasteiger partial charge in [-0.3, -0.25) is 4.57 Å². The van der Waals surface area contributed by atoms with E-state index in [0.717, 1.165) is 16.5 Å². The highest BCUT2D eigenvalue weighted by molar-refractivity contribution is 7.13. The molecule has 10 heteroatoms. The molecule has 9 nitrogen and oxygen atoms in total. The maximum atomic E-state index is 12.1. The number of para-hydroxylation sites is 1. The van der Waals surface area contributed by atoms with Gasteiger partial charge in [-0.15, -0.1) is 21.5 Å². The lowest BCUT2D eigenvalue weighted by atomic mass is 10.3. The maximum absolute atomic E-state index is 12.1. The lowest BCUT2D eigenvalue weighted by Crippen LogP contribution is -2.38. The van der Waals surface area contributed by atoms with Gasteiger partial charge in [0.1, 0.15) is 22.8 Å². The molecule has 164 valence electrons. The van der Waals surface area contributed by atoms with E-state index in [1.807, 2.05) is 55.7 Å². The highest BCUT2D eigenvalue weighted by Crippen LogP contribution is 2.24. The quantitative estimate of drug-likeness (QED) is 0.314. The number of guanidine groups is 1. The van der Waals surface area contributed by atoms with Crippen LogP contribution in [0.25, 0.3) is 5.69 Å². The zero-order valence-corrected chi connectivity index (χ0v) is 18.9. The average molecular weight is 442 g/mol. The van der Waals surface area contributed by atoms with E-state index in [9.17, 15) is 4.79 Å². The molecule has 0 radical (unpaired) electrons. The van der Waals surface area contributed by atoms with E-state index >= 15 is 0 Å². The fourth-order valence-corrected chi connectivity index (χ4v) is 3.86. The van der Waals surface area contributed by atoms with Crippen molar-refractivity contribution >= 4 is 23.3 Å². The van der Waals surface area contributed by atoms with Crippen molar-refractivity contribution in [2.24, 2.45) is 4.99 Å². The van der Waals surface area contributed by atoms with Gasteiger partial charge in [0, 0.05) is 12.2 Å². The Kier molecular flexibility index (Phi) is 7.71. The summed E-state index contributed by atoms with van der Waals surface area (Å²) in [6.45, 7) is 8.97. The maximum Gasteiger partial charge on any atom is 0.350 e. The highest BCUT2D eigenvalue weighted by atomic mass is 32.1. The number of aromatic nitrogens is 4. The molecule has 0 saturated carbocycles. The first-order valence-corrected chi connectivity index (χ1v) is 11.0. The fourth-order valence-electron chi connectivity index (χ4n) is 2.90. The van der Waals surface area contributed by atoms with Crippen LogP contribution in [0.2, 0.25) is 0 Å². The molecule has 1 aromatic carbocycles. The first kappa shape index (κ1) is 22.4. The van der Waals surface area contributed by atoms with Crippen LogP contribution in [0.5, 0.6) is 0 Å². The van der Waals surface area contributed by atoms with E-state index in [2.05, 4.69) is 30.8 Å². The molecule has 2 heterocycles. The molecule has 0 bridgehead atoms. The van der Waals surface area contributed by atoms with Crippen molar-refractivity contribution in [3.8, 4) is 5.69 Å². The molecule has 0 spiro atoms. The number of ether oxygens (including phenoxy) is 1. The van der Waals surface area contributed by atoms with Gasteiger partial charge in [-0.25, -0.2) is 14.8 Å². The molecule has 0 aliphatic heterocycles. The molecule has 0 aliphatic carbocycles. The van der Waals surface area contributed by atoms with Crippen molar-refractivity contribution < 1.29 is 9.53 Å². The minimum Gasteiger partial charge on any atom is -0.462 e. The normalized spacial score (nSPS) is 12.5. The Bertz CT molecular complexity index is 1030. The molecule has 0 fully saturated rings. The van der Waals surface area contributed by atoms with Crippen LogP contribution in [0.4, 0.5) is 0 Å². The third-order valence-corrected chi connectivity index (χ3v) is 5.69. The minimum atomic E-state index is -0.336. The van der Waals surface area contributed by atoms with Crippen molar-refractivity contribution in [2.75, 3.05) is 13.2 Å². The molecule has 0 amide bonds. The van der Waals surface area contributed by atoms with Crippen LogP contribution >= 0.6 is 11.3 Å². The van der Waals surface area contributed by atoms with Crippen molar-refractivity contribution in [1.29, 1.82) is 0 Å². The Morgan fingerprint density at radius 1 is 1.29 bits per heavy atom. The predicted molar refractivity (Wildman–Crippen MR) is 121 cm³/mol. The Balaban J connectivity index is 1.73. The standard InChI is InChI=1S/C21H27N7O2S/c1-5-22-21(23-12-17-27-24-13-28(17)16-10-8-7-9-11-16)26-15(4)19-25-14(3)18(31-19)20(29)30-6-2/h7-11,13,15H,5-6,12H2,1-4H3,(H2,22,23,26). The van der Waals surface area contributed by atoms with Gasteiger partial charge in [0.2, 0.25) is 0 Å². The van der Waals surface area contributed by atoms with E-state index in [1.54, 1.807) is 13.3 Å². The summed E-state index contributed by atoms with van der Waals surface area (Å²) < 4.78 is 7.02. The molecule has 1 atom stereocenters. The Morgan fingerprint density at radius 3 is 2.77 bits per heavy atom. The third-order valence-electron chi connectivity index (χ3n) is 4.37. The van der Waals surface area contributed by atoms with Gasteiger partial charge in [-0.05, 0) is 39.8 Å². The van der Waals surface area contributed by atoms with E-state index < -0.39 is 0 Å². The molecule has 31 heavy (non-hydrogen) atoms. The van der Waals surface area contributed by atoms with E-state index in [0.29, 0.717) is 36.2 Å². The zero-order chi connectivity index (χ0) is 22.2. The topological polar surface area (TPSA) is 106 Å². The number of carbonyl (C=O) groups excluding carboxylic acids is 1. The number of thiazole rings is 1. The number of aryl methyl sites for hydroxylation is 1. The van der Waals surface area contributed by atoms with Crippen LogP contribution in [-0.4, -0.2) is 44.8 Å². The predicted octanol–water partition coefficient (Wildman–Crippen LogP) is 3.03. The lowest BCUT2D eigenvalue weighted by Gasteiger charge is -2.16. The van der Waals surface area contributed by atoms with Crippen molar-refractivity contribution in [1.82, 2.24) is 30.4 Å². The Morgan fingerprint density at radius 2 is 2.06 bits per heavy atom. The van der Waals surface area contributed by atoms with E-state index in [-0.39, 0.29) is 12.0 Å². The Labute approximate surface area is 185 Å². The van der Waals surface area contributed by atoms with Crippen molar-refractivity contribution in [2.45, 2.75) is 40.3 Å². The molecular formula is C21H27N7O2S. The van der Waals surface area contributed by atoms with Crippen LogP contribution in [0.3, 0.4) is 0 Å². The highest BCUT2D eigenvalue weighted by Gasteiger charge is 2.20. The SMILES string of the molecule is CCNC(=NCc1nncn1-c1ccccc1)NC(C)c1nc(C)c(C(=O)OCC)s1. The second kappa shape index (κ2) is 10.7. The van der Waals surface area contributed by atoms with Crippen molar-refractivity contribution in [3.05, 3.63) is 58.1 Å². The summed E-state index contributed by atoms with van der Waals surface area (Å²) in [5.41, 5.74) is 1.65. The summed E-state index contributed by atoms with van der Waals surface area (Å²) in [6.07, 6.45) is 1.68. The lowest BCUT2D eigenvalue weighted by molar-refractivity contribution is 0.0531. The van der Waals surface area contributed by atoms with Crippen LogP contribution in [-0.2, 0) is 11.3 Å². The van der Waals surface area contributed by atoms with Crippen LogP contribution in [0, 0.1) is 6.92 Å². The Hall–Kier alpha value is -3.27. The smallest absolute Gasteiger partial charge is 0.350 e. The van der Waals surface area contributed by atoms with Crippen LogP contribution in [0.1, 0.15) is 53.0 Å². The number of hydrogen-bond acceptors (Lipinski definition) is 7. The number of rotatable bonds is 8. The molecule has 0 aliphatic rings. The first-order valence-electron chi connectivity index (χ1n) is 10.2. The molecular weight excluding hydrogens is 414 g/mol. The average Bonchev–Trinajstić information content (AvgIpc) is 3.39. The van der Waals surface area contributed by atoms with Gasteiger partial charge in [-0.2, -0.15) is 0 Å². The minimum absolute atomic E-state index is 0.142. The monoisotopic (exact) mass is 441 g/mol. The summed E-state index contributed by atoms with van der Waals surface area (Å²) in [5, 5.41) is 15.6. The number of nitrogens with one attached hydrogen (secondary N) is 2. The van der Waals surface area contributed by atoms with Gasteiger partial charge < -0.3 is 15.4 Å². The molecule has 3 rings (SSSR count). The van der Waals surface area contributed by atoms with Crippen LogP contribution < -0.4 is 10.6 Å². The van der Waals surface area contributed by atoms with Gasteiger partial charge in [-0.1, -0.05) is 18.2 Å². The van der Waals surface area contributed by atoms with Crippen molar-refractivity contribution in [3.63, 3.8) is 0 Å². The number of hydrogen-bond donors (Lipinski definition) is 2. The summed E-state index contributed by atoms with van der Waals surface area (Å²) in [4.78, 5) is 21.8. The second-order valence-electron chi connectivity index (χ2n) is 6.70. The fraction of sp³-hybridized carbons (Fsp3) is 0.381. The summed E-state index contributed by atoms with van der Waals surface area (Å²) in [5.74, 6) is 1.02. The number of nitrogens with zero attached hydrogens (tertiary/aromatic N) is 5.